The molecule has 0 spiro atoms. The van der Waals surface area contributed by atoms with E-state index >= 15 is 0 Å². The first-order valence-corrected chi connectivity index (χ1v) is 7.38. The van der Waals surface area contributed by atoms with Crippen molar-refractivity contribution in [2.24, 2.45) is 5.73 Å². The highest BCUT2D eigenvalue weighted by molar-refractivity contribution is 7.89. The van der Waals surface area contributed by atoms with Crippen molar-refractivity contribution < 1.29 is 13.2 Å². The maximum absolute atomic E-state index is 11.6. The molecule has 1 unspecified atom stereocenters. The number of nitrogens with zero attached hydrogens (tertiary/aromatic N) is 1. The number of hydrogen-bond donors (Lipinski definition) is 2. The van der Waals surface area contributed by atoms with Gasteiger partial charge in [0.2, 0.25) is 10.0 Å². The van der Waals surface area contributed by atoms with Crippen molar-refractivity contribution in [3.8, 4) is 0 Å². The fraction of sp³-hybridized carbons (Fsp3) is 0.500. The molecule has 1 aromatic rings. The molecule has 19 heavy (non-hydrogen) atoms. The Balaban J connectivity index is 2.76. The molecule has 3 N–H and O–H groups in total. The first-order chi connectivity index (χ1) is 8.90. The van der Waals surface area contributed by atoms with Crippen molar-refractivity contribution in [1.82, 2.24) is 4.72 Å². The molecule has 7 heteroatoms. The van der Waals surface area contributed by atoms with Gasteiger partial charge in [0.1, 0.15) is 0 Å². The number of nitrogens with one attached hydrogen (secondary N) is 1. The topological polar surface area (TPSA) is 84.7 Å². The van der Waals surface area contributed by atoms with Crippen molar-refractivity contribution >= 4 is 15.7 Å². The van der Waals surface area contributed by atoms with Crippen molar-refractivity contribution in [3.05, 3.63) is 24.3 Å². The van der Waals surface area contributed by atoms with E-state index in [-0.39, 0.29) is 10.9 Å². The summed E-state index contributed by atoms with van der Waals surface area (Å²) in [6.45, 7) is 1.11. The Hall–Kier alpha value is -1.15. The molecule has 0 amide bonds. The number of sulfonamides is 1. The lowest BCUT2D eigenvalue weighted by Gasteiger charge is -2.23. The van der Waals surface area contributed by atoms with Crippen LogP contribution in [0.25, 0.3) is 0 Å². The van der Waals surface area contributed by atoms with Gasteiger partial charge in [0.25, 0.3) is 0 Å². The SMILES string of the molecule is CNS(=O)(=O)c1ccc(N(C)CC(N)COC)cc1. The van der Waals surface area contributed by atoms with Crippen LogP contribution in [0.1, 0.15) is 0 Å². The zero-order chi connectivity index (χ0) is 14.5. The lowest BCUT2D eigenvalue weighted by Crippen LogP contribution is -2.38. The van der Waals surface area contributed by atoms with Crippen LogP contribution < -0.4 is 15.4 Å². The molecule has 0 bridgehead atoms. The molecule has 108 valence electrons. The van der Waals surface area contributed by atoms with Gasteiger partial charge in [0, 0.05) is 32.4 Å². The van der Waals surface area contributed by atoms with Gasteiger partial charge in [0.15, 0.2) is 0 Å². The molecular formula is C12H21N3O3S. The van der Waals surface area contributed by atoms with E-state index in [4.69, 9.17) is 10.5 Å². The van der Waals surface area contributed by atoms with Gasteiger partial charge in [-0.15, -0.1) is 0 Å². The summed E-state index contributed by atoms with van der Waals surface area (Å²) in [5.41, 5.74) is 6.77. The first-order valence-electron chi connectivity index (χ1n) is 5.90. The number of methoxy groups -OCH3 is 1. The van der Waals surface area contributed by atoms with Crippen LogP contribution in [0.3, 0.4) is 0 Å². The zero-order valence-electron chi connectivity index (χ0n) is 11.5. The van der Waals surface area contributed by atoms with Gasteiger partial charge in [-0.1, -0.05) is 0 Å². The number of anilines is 1. The summed E-state index contributed by atoms with van der Waals surface area (Å²) in [7, 11) is 1.51. The van der Waals surface area contributed by atoms with Crippen LogP contribution in [0.2, 0.25) is 0 Å². The molecule has 0 aromatic heterocycles. The Morgan fingerprint density at radius 3 is 2.42 bits per heavy atom. The Morgan fingerprint density at radius 2 is 1.95 bits per heavy atom. The maximum Gasteiger partial charge on any atom is 0.240 e. The highest BCUT2D eigenvalue weighted by Crippen LogP contribution is 2.16. The quantitative estimate of drug-likeness (QED) is 0.737. The van der Waals surface area contributed by atoms with Crippen LogP contribution in [0.4, 0.5) is 5.69 Å². The number of hydrogen-bond acceptors (Lipinski definition) is 5. The predicted octanol–water partition coefficient (Wildman–Crippen LogP) is 0.00460. The van der Waals surface area contributed by atoms with E-state index in [0.29, 0.717) is 13.2 Å². The number of ether oxygens (including phenoxy) is 1. The minimum atomic E-state index is -3.39. The van der Waals surface area contributed by atoms with Crippen LogP contribution in [-0.4, -0.2) is 48.8 Å². The minimum Gasteiger partial charge on any atom is -0.383 e. The zero-order valence-corrected chi connectivity index (χ0v) is 12.3. The van der Waals surface area contributed by atoms with E-state index in [1.165, 1.54) is 7.05 Å². The standard InChI is InChI=1S/C12H21N3O3S/c1-14-19(16,17)12-6-4-11(5-7-12)15(2)8-10(13)9-18-3/h4-7,10,14H,8-9,13H2,1-3H3. The molecule has 0 saturated carbocycles. The Bertz CT molecular complexity index is 487. The van der Waals surface area contributed by atoms with Crippen LogP contribution in [0.5, 0.6) is 0 Å². The second-order valence-corrected chi connectivity index (χ2v) is 6.18. The first kappa shape index (κ1) is 15.9. The normalized spacial score (nSPS) is 13.3. The molecule has 0 saturated heterocycles. The van der Waals surface area contributed by atoms with Gasteiger partial charge in [-0.05, 0) is 31.3 Å². The average Bonchev–Trinajstić information content (AvgIpc) is 2.39. The third-order valence-corrected chi connectivity index (χ3v) is 4.18. The van der Waals surface area contributed by atoms with Gasteiger partial charge in [-0.25, -0.2) is 13.1 Å². The van der Waals surface area contributed by atoms with Gasteiger partial charge >= 0.3 is 0 Å². The number of nitrogens with two attached hydrogens (primary N) is 1. The summed E-state index contributed by atoms with van der Waals surface area (Å²) >= 11 is 0. The highest BCUT2D eigenvalue weighted by Gasteiger charge is 2.12. The third-order valence-electron chi connectivity index (χ3n) is 2.75. The van der Waals surface area contributed by atoms with E-state index in [2.05, 4.69) is 4.72 Å². The molecule has 0 aliphatic rings. The molecular weight excluding hydrogens is 266 g/mol. The second-order valence-electron chi connectivity index (χ2n) is 4.30. The molecule has 1 aromatic carbocycles. The average molecular weight is 287 g/mol. The van der Waals surface area contributed by atoms with E-state index in [0.717, 1.165) is 5.69 Å². The summed E-state index contributed by atoms with van der Waals surface area (Å²) < 4.78 is 30.4. The van der Waals surface area contributed by atoms with Gasteiger partial charge in [-0.3, -0.25) is 0 Å². The monoisotopic (exact) mass is 287 g/mol. The van der Waals surface area contributed by atoms with Crippen LogP contribution >= 0.6 is 0 Å². The Kier molecular flexibility index (Phi) is 5.74. The fourth-order valence-electron chi connectivity index (χ4n) is 1.72. The van der Waals surface area contributed by atoms with E-state index < -0.39 is 10.0 Å². The molecule has 1 atom stereocenters. The van der Waals surface area contributed by atoms with Gasteiger partial charge in [-0.2, -0.15) is 0 Å². The maximum atomic E-state index is 11.6. The largest absolute Gasteiger partial charge is 0.383 e. The molecule has 0 radical (unpaired) electrons. The molecule has 0 aliphatic carbocycles. The van der Waals surface area contributed by atoms with E-state index in [1.807, 2.05) is 11.9 Å². The van der Waals surface area contributed by atoms with Crippen molar-refractivity contribution in [1.29, 1.82) is 0 Å². The van der Waals surface area contributed by atoms with Crippen molar-refractivity contribution in [3.63, 3.8) is 0 Å². The van der Waals surface area contributed by atoms with Crippen molar-refractivity contribution in [2.75, 3.05) is 39.3 Å². The number of benzene rings is 1. The lowest BCUT2D eigenvalue weighted by molar-refractivity contribution is 0.181. The highest BCUT2D eigenvalue weighted by atomic mass is 32.2. The number of likely N-dealkylation sites (N-methyl/N-ethyl adjacent to an activating group) is 1. The Morgan fingerprint density at radius 1 is 1.37 bits per heavy atom. The molecule has 0 fully saturated rings. The smallest absolute Gasteiger partial charge is 0.240 e. The molecule has 0 heterocycles. The summed E-state index contributed by atoms with van der Waals surface area (Å²) in [6.07, 6.45) is 0. The third kappa shape index (κ3) is 4.46. The van der Waals surface area contributed by atoms with Crippen LogP contribution in [0, 0.1) is 0 Å². The summed E-state index contributed by atoms with van der Waals surface area (Å²) in [5.74, 6) is 0. The molecule has 6 nitrogen and oxygen atoms in total. The summed E-state index contributed by atoms with van der Waals surface area (Å²) in [5, 5.41) is 0. The van der Waals surface area contributed by atoms with Crippen LogP contribution in [0.15, 0.2) is 29.2 Å². The number of rotatable bonds is 7. The predicted molar refractivity (Wildman–Crippen MR) is 75.8 cm³/mol. The molecule has 1 rings (SSSR count). The molecule has 0 aliphatic heterocycles. The minimum absolute atomic E-state index is 0.0873. The van der Waals surface area contributed by atoms with Gasteiger partial charge < -0.3 is 15.4 Å². The lowest BCUT2D eigenvalue weighted by atomic mass is 10.2. The van der Waals surface area contributed by atoms with Gasteiger partial charge in [0.05, 0.1) is 11.5 Å². The summed E-state index contributed by atoms with van der Waals surface area (Å²) in [6, 6.07) is 6.56. The van der Waals surface area contributed by atoms with E-state index in [1.54, 1.807) is 31.4 Å². The van der Waals surface area contributed by atoms with Crippen LogP contribution in [-0.2, 0) is 14.8 Å². The van der Waals surface area contributed by atoms with E-state index in [9.17, 15) is 8.42 Å². The van der Waals surface area contributed by atoms with Crippen molar-refractivity contribution in [2.45, 2.75) is 10.9 Å². The second kappa shape index (κ2) is 6.85. The Labute approximate surface area is 114 Å². The summed E-state index contributed by atoms with van der Waals surface area (Å²) in [4.78, 5) is 2.20. The fourth-order valence-corrected chi connectivity index (χ4v) is 2.45.